The van der Waals surface area contributed by atoms with Gasteiger partial charge in [-0.15, -0.1) is 0 Å². The number of hydrogen-bond donors (Lipinski definition) is 0. The fraction of sp³-hybridized carbons (Fsp3) is 0.235. The minimum Gasteiger partial charge on any atom is -0.273 e. The summed E-state index contributed by atoms with van der Waals surface area (Å²) in [6, 6.07) is 18.5. The van der Waals surface area contributed by atoms with Crippen molar-refractivity contribution < 1.29 is 13.2 Å². The van der Waals surface area contributed by atoms with Crippen LogP contribution < -0.4 is 0 Å². The predicted octanol–water partition coefficient (Wildman–Crippen LogP) is 3.04. The van der Waals surface area contributed by atoms with E-state index in [-0.39, 0.29) is 0 Å². The molecule has 0 unspecified atom stereocenters. The number of β-lactam (4-membered cyclic amide) rings is 1. The molecule has 1 aliphatic heterocycles. The van der Waals surface area contributed by atoms with Crippen molar-refractivity contribution in [1.82, 2.24) is 4.31 Å². The quantitative estimate of drug-likeness (QED) is 0.633. The molecule has 4 nitrogen and oxygen atoms in total. The molecule has 1 saturated heterocycles. The predicted molar refractivity (Wildman–Crippen MR) is 86.9 cm³/mol. The normalized spacial score (nSPS) is 21.1. The van der Waals surface area contributed by atoms with Crippen LogP contribution in [0.5, 0.6) is 0 Å². The van der Waals surface area contributed by atoms with E-state index in [1.54, 1.807) is 0 Å². The molecule has 23 heavy (non-hydrogen) atoms. The number of nitrogens with zero attached hydrogens (tertiary/aromatic N) is 1. The first kappa shape index (κ1) is 14.7. The first-order valence-corrected chi connectivity index (χ1v) is 9.62. The smallest absolute Gasteiger partial charge is 0.273 e. The Bertz CT molecular complexity index is 837. The van der Waals surface area contributed by atoms with Gasteiger partial charge in [0, 0.05) is 10.7 Å². The monoisotopic (exact) mass is 347 g/mol. The van der Waals surface area contributed by atoms with Gasteiger partial charge in [-0.1, -0.05) is 60.7 Å². The second-order valence-electron chi connectivity index (χ2n) is 6.04. The van der Waals surface area contributed by atoms with Crippen molar-refractivity contribution >= 4 is 25.8 Å². The summed E-state index contributed by atoms with van der Waals surface area (Å²) in [5.41, 5.74) is -0.203. The van der Waals surface area contributed by atoms with Crippen molar-refractivity contribution in [1.29, 1.82) is 0 Å². The Balaban J connectivity index is 2.06. The van der Waals surface area contributed by atoms with Crippen LogP contribution in [0, 0.1) is 5.41 Å². The molecule has 1 aliphatic carbocycles. The Morgan fingerprint density at radius 2 is 1.30 bits per heavy atom. The van der Waals surface area contributed by atoms with E-state index in [1.165, 1.54) is 0 Å². The first-order chi connectivity index (χ1) is 10.9. The number of halogens is 1. The Kier molecular flexibility index (Phi) is 2.93. The fourth-order valence-corrected chi connectivity index (χ4v) is 5.50. The maximum absolute atomic E-state index is 12.6. The molecule has 1 heterocycles. The fourth-order valence-electron chi connectivity index (χ4n) is 3.92. The third-order valence-electron chi connectivity index (χ3n) is 4.94. The van der Waals surface area contributed by atoms with E-state index < -0.39 is 26.1 Å². The minimum absolute atomic E-state index is 0.403. The first-order valence-electron chi connectivity index (χ1n) is 7.35. The van der Waals surface area contributed by atoms with Crippen LogP contribution in [0.15, 0.2) is 60.7 Å². The minimum atomic E-state index is -4.19. The van der Waals surface area contributed by atoms with Crippen LogP contribution in [0.1, 0.15) is 24.0 Å². The van der Waals surface area contributed by atoms with E-state index in [1.807, 2.05) is 60.7 Å². The van der Waals surface area contributed by atoms with Gasteiger partial charge in [-0.3, -0.25) is 4.79 Å². The van der Waals surface area contributed by atoms with Gasteiger partial charge in [-0.05, 0) is 24.0 Å². The molecule has 0 bridgehead atoms. The van der Waals surface area contributed by atoms with E-state index in [4.69, 9.17) is 10.7 Å². The number of hydrogen-bond acceptors (Lipinski definition) is 3. The molecule has 2 aromatic rings. The molecule has 4 rings (SSSR count). The Labute approximate surface area is 139 Å². The summed E-state index contributed by atoms with van der Waals surface area (Å²) >= 11 is 0. The third-order valence-corrected chi connectivity index (χ3v) is 6.23. The Hall–Kier alpha value is -1.85. The molecule has 2 aromatic carbocycles. The van der Waals surface area contributed by atoms with Gasteiger partial charge in [-0.2, -0.15) is 8.42 Å². The van der Waals surface area contributed by atoms with Crippen molar-refractivity contribution in [2.45, 2.75) is 18.4 Å². The van der Waals surface area contributed by atoms with Gasteiger partial charge in [0.25, 0.3) is 0 Å². The summed E-state index contributed by atoms with van der Waals surface area (Å²) < 4.78 is 25.2. The van der Waals surface area contributed by atoms with Crippen molar-refractivity contribution in [3.05, 3.63) is 71.8 Å². The van der Waals surface area contributed by atoms with Crippen LogP contribution in [0.3, 0.4) is 0 Å². The summed E-state index contributed by atoms with van der Waals surface area (Å²) in [6.07, 6.45) is 1.33. The lowest BCUT2D eigenvalue weighted by Gasteiger charge is -2.57. The summed E-state index contributed by atoms with van der Waals surface area (Å²) in [4.78, 5) is 12.6. The Morgan fingerprint density at radius 1 is 0.870 bits per heavy atom. The zero-order valence-electron chi connectivity index (χ0n) is 12.1. The zero-order chi connectivity index (χ0) is 16.3. The highest BCUT2D eigenvalue weighted by molar-refractivity contribution is 8.12. The summed E-state index contributed by atoms with van der Waals surface area (Å²) in [6.45, 7) is 0. The molecule has 2 aliphatic rings. The third kappa shape index (κ3) is 1.72. The van der Waals surface area contributed by atoms with Crippen LogP contribution >= 0.6 is 10.7 Å². The van der Waals surface area contributed by atoms with E-state index in [9.17, 15) is 13.2 Å². The molecule has 2 fully saturated rings. The average Bonchev–Trinajstić information content (AvgIpc) is 3.35. The van der Waals surface area contributed by atoms with Gasteiger partial charge in [0.2, 0.25) is 5.91 Å². The van der Waals surface area contributed by atoms with Gasteiger partial charge in [0.15, 0.2) is 0 Å². The molecule has 1 amide bonds. The standard InChI is InChI=1S/C17H14ClNO3S/c18-23(21,22)19-15(20)16(11-12-16)17(19,13-7-3-1-4-8-13)14-9-5-2-6-10-14/h1-10H,11-12H2. The summed E-state index contributed by atoms with van der Waals surface area (Å²) in [7, 11) is 1.45. The summed E-state index contributed by atoms with van der Waals surface area (Å²) in [5, 5.41) is 0. The SMILES string of the molecule is O=C1N(S(=O)(=O)Cl)C(c2ccccc2)(c2ccccc2)C12CC2. The lowest BCUT2D eigenvalue weighted by atomic mass is 9.64. The second kappa shape index (κ2) is 4.58. The highest BCUT2D eigenvalue weighted by atomic mass is 35.7. The van der Waals surface area contributed by atoms with Crippen LogP contribution in [0.2, 0.25) is 0 Å². The zero-order valence-corrected chi connectivity index (χ0v) is 13.7. The van der Waals surface area contributed by atoms with Crippen LogP contribution in [-0.4, -0.2) is 18.6 Å². The molecule has 1 saturated carbocycles. The highest BCUT2D eigenvalue weighted by Gasteiger charge is 2.80. The van der Waals surface area contributed by atoms with Crippen molar-refractivity contribution in [3.8, 4) is 0 Å². The lowest BCUT2D eigenvalue weighted by Crippen LogP contribution is -2.71. The lowest BCUT2D eigenvalue weighted by molar-refractivity contribution is -0.158. The van der Waals surface area contributed by atoms with Crippen LogP contribution in [-0.2, 0) is 19.6 Å². The van der Waals surface area contributed by atoms with E-state index in [2.05, 4.69) is 0 Å². The van der Waals surface area contributed by atoms with Crippen LogP contribution in [0.25, 0.3) is 0 Å². The van der Waals surface area contributed by atoms with Crippen molar-refractivity contribution in [2.75, 3.05) is 0 Å². The van der Waals surface area contributed by atoms with Gasteiger partial charge in [0.1, 0.15) is 5.54 Å². The van der Waals surface area contributed by atoms with E-state index in [0.29, 0.717) is 12.8 Å². The molecule has 0 atom stereocenters. The van der Waals surface area contributed by atoms with E-state index in [0.717, 1.165) is 15.4 Å². The van der Waals surface area contributed by atoms with Crippen molar-refractivity contribution in [3.63, 3.8) is 0 Å². The largest absolute Gasteiger partial charge is 0.325 e. The van der Waals surface area contributed by atoms with E-state index >= 15 is 0 Å². The molecular formula is C17H14ClNO3S. The topological polar surface area (TPSA) is 54.5 Å². The van der Waals surface area contributed by atoms with Crippen LogP contribution in [0.4, 0.5) is 0 Å². The number of carbonyl (C=O) groups is 1. The average molecular weight is 348 g/mol. The molecule has 0 radical (unpaired) electrons. The van der Waals surface area contributed by atoms with Gasteiger partial charge in [-0.25, -0.2) is 4.31 Å². The van der Waals surface area contributed by atoms with Gasteiger partial charge in [0.05, 0.1) is 5.41 Å². The van der Waals surface area contributed by atoms with Crippen molar-refractivity contribution in [2.24, 2.45) is 5.41 Å². The maximum Gasteiger partial charge on any atom is 0.325 e. The molecule has 0 N–H and O–H groups in total. The number of amides is 1. The maximum atomic E-state index is 12.6. The molecular weight excluding hydrogens is 334 g/mol. The van der Waals surface area contributed by atoms with Gasteiger partial charge < -0.3 is 0 Å². The van der Waals surface area contributed by atoms with Gasteiger partial charge >= 0.3 is 9.24 Å². The molecule has 1 spiro atoms. The molecule has 0 aromatic heterocycles. The number of rotatable bonds is 3. The summed E-state index contributed by atoms with van der Waals surface area (Å²) in [5.74, 6) is -0.403. The number of benzene rings is 2. The number of carbonyl (C=O) groups excluding carboxylic acids is 1. The molecule has 6 heteroatoms. The molecule has 118 valence electrons. The highest BCUT2D eigenvalue weighted by Crippen LogP contribution is 2.72. The Morgan fingerprint density at radius 3 is 1.65 bits per heavy atom. The second-order valence-corrected chi connectivity index (χ2v) is 8.40.